The molecule has 1 saturated carbocycles. The second kappa shape index (κ2) is 8.91. The Hall–Kier alpha value is -2.47. The fourth-order valence-corrected chi connectivity index (χ4v) is 5.15. The number of amides is 2. The van der Waals surface area contributed by atoms with E-state index in [1.807, 2.05) is 36.4 Å². The molecule has 6 heteroatoms. The van der Waals surface area contributed by atoms with Crippen molar-refractivity contribution in [3.8, 4) is 5.75 Å². The van der Waals surface area contributed by atoms with Gasteiger partial charge in [0.1, 0.15) is 11.5 Å². The molecule has 0 saturated heterocycles. The Morgan fingerprint density at radius 3 is 2.48 bits per heavy atom. The third kappa shape index (κ3) is 3.99. The summed E-state index contributed by atoms with van der Waals surface area (Å²) in [5.74, 6) is 1.49. The monoisotopic (exact) mass is 411 g/mol. The summed E-state index contributed by atoms with van der Waals surface area (Å²) in [5.41, 5.74) is 1.12. The van der Waals surface area contributed by atoms with Crippen LogP contribution in [0.2, 0.25) is 0 Å². The van der Waals surface area contributed by atoms with Crippen LogP contribution in [0.15, 0.2) is 52.0 Å². The molecule has 2 amide bonds. The molecule has 1 aromatic heterocycles. The summed E-state index contributed by atoms with van der Waals surface area (Å²) < 4.78 is 10.9. The van der Waals surface area contributed by atoms with Crippen LogP contribution in [0.1, 0.15) is 49.8 Å². The number of carbonyl (C=O) groups is 2. The van der Waals surface area contributed by atoms with E-state index in [1.54, 1.807) is 13.4 Å². The minimum atomic E-state index is -0.201. The van der Waals surface area contributed by atoms with Crippen molar-refractivity contribution in [2.24, 2.45) is 0 Å². The number of imide groups is 1. The van der Waals surface area contributed by atoms with Crippen LogP contribution in [0.4, 0.5) is 0 Å². The van der Waals surface area contributed by atoms with E-state index in [4.69, 9.17) is 9.15 Å². The highest BCUT2D eigenvalue weighted by Gasteiger charge is 2.43. The first kappa shape index (κ1) is 19.8. The van der Waals surface area contributed by atoms with Gasteiger partial charge in [0.2, 0.25) is 0 Å². The Morgan fingerprint density at radius 2 is 1.79 bits per heavy atom. The van der Waals surface area contributed by atoms with E-state index in [9.17, 15) is 9.59 Å². The van der Waals surface area contributed by atoms with Gasteiger partial charge in [0.15, 0.2) is 0 Å². The Kier molecular flexibility index (Phi) is 6.09. The van der Waals surface area contributed by atoms with Gasteiger partial charge in [0, 0.05) is 11.6 Å². The minimum absolute atomic E-state index is 0.0241. The summed E-state index contributed by atoms with van der Waals surface area (Å²) in [7, 11) is 1.58. The molecule has 2 aliphatic rings. The highest BCUT2D eigenvalue weighted by Crippen LogP contribution is 2.42. The lowest BCUT2D eigenvalue weighted by molar-refractivity contribution is -0.139. The number of hydrogen-bond acceptors (Lipinski definition) is 5. The zero-order valence-electron chi connectivity index (χ0n) is 16.6. The largest absolute Gasteiger partial charge is 0.496 e. The molecule has 2 heterocycles. The van der Waals surface area contributed by atoms with E-state index in [0.717, 1.165) is 31.4 Å². The lowest BCUT2D eigenvalue weighted by Crippen LogP contribution is -2.40. The van der Waals surface area contributed by atoms with Crippen LogP contribution in [0.3, 0.4) is 0 Å². The minimum Gasteiger partial charge on any atom is -0.496 e. The second-order valence-corrected chi connectivity index (χ2v) is 8.38. The van der Waals surface area contributed by atoms with Crippen molar-refractivity contribution in [3.63, 3.8) is 0 Å². The van der Waals surface area contributed by atoms with E-state index >= 15 is 0 Å². The van der Waals surface area contributed by atoms with Crippen LogP contribution >= 0.6 is 11.8 Å². The molecule has 152 valence electrons. The lowest BCUT2D eigenvalue weighted by Gasteiger charge is -2.25. The van der Waals surface area contributed by atoms with Crippen LogP contribution in [0.5, 0.6) is 5.75 Å². The molecular weight excluding hydrogens is 386 g/mol. The van der Waals surface area contributed by atoms with E-state index < -0.39 is 0 Å². The van der Waals surface area contributed by atoms with Gasteiger partial charge in [-0.05, 0) is 31.0 Å². The second-order valence-electron chi connectivity index (χ2n) is 7.40. The Morgan fingerprint density at radius 1 is 1.03 bits per heavy atom. The van der Waals surface area contributed by atoms with Crippen LogP contribution in [0, 0.1) is 0 Å². The van der Waals surface area contributed by atoms with Gasteiger partial charge in [0.25, 0.3) is 11.8 Å². The highest BCUT2D eigenvalue weighted by atomic mass is 32.2. The number of methoxy groups -OCH3 is 1. The predicted octanol–water partition coefficient (Wildman–Crippen LogP) is 5.02. The maximum Gasteiger partial charge on any atom is 0.268 e. The highest BCUT2D eigenvalue weighted by molar-refractivity contribution is 8.03. The summed E-state index contributed by atoms with van der Waals surface area (Å²) in [4.78, 5) is 28.9. The molecule has 29 heavy (non-hydrogen) atoms. The maximum atomic E-state index is 13.5. The molecule has 0 bridgehead atoms. The van der Waals surface area contributed by atoms with Crippen molar-refractivity contribution in [3.05, 3.63) is 58.9 Å². The van der Waals surface area contributed by atoms with Crippen LogP contribution in [0.25, 0.3) is 5.57 Å². The average molecular weight is 412 g/mol. The topological polar surface area (TPSA) is 59.8 Å². The SMILES string of the molecule is COc1ccccc1C1=C(SCc2ccco2)C(=O)N(C2CCCCCC2)C1=O. The van der Waals surface area contributed by atoms with Gasteiger partial charge in [-0.15, -0.1) is 11.8 Å². The zero-order chi connectivity index (χ0) is 20.2. The van der Waals surface area contributed by atoms with Crippen molar-refractivity contribution in [2.45, 2.75) is 50.3 Å². The number of furan rings is 1. The van der Waals surface area contributed by atoms with Gasteiger partial charge >= 0.3 is 0 Å². The van der Waals surface area contributed by atoms with Gasteiger partial charge < -0.3 is 9.15 Å². The number of ether oxygens (including phenoxy) is 1. The fraction of sp³-hybridized carbons (Fsp3) is 0.391. The quantitative estimate of drug-likeness (QED) is 0.493. The molecular formula is C23H25NO4S. The molecule has 1 aromatic carbocycles. The van der Waals surface area contributed by atoms with E-state index in [-0.39, 0.29) is 17.9 Å². The standard InChI is InChI=1S/C23H25NO4S/c1-27-19-13-7-6-12-18(19)20-21(29-15-17-11-8-14-28-17)23(26)24(22(20)25)16-9-4-2-3-5-10-16/h6-8,11-14,16H,2-5,9-10,15H2,1H3. The molecule has 1 fully saturated rings. The molecule has 0 spiro atoms. The van der Waals surface area contributed by atoms with Crippen molar-refractivity contribution < 1.29 is 18.7 Å². The smallest absolute Gasteiger partial charge is 0.268 e. The number of nitrogens with zero attached hydrogens (tertiary/aromatic N) is 1. The van der Waals surface area contributed by atoms with Crippen molar-refractivity contribution in [1.82, 2.24) is 4.90 Å². The number of benzene rings is 1. The van der Waals surface area contributed by atoms with Crippen LogP contribution in [-0.4, -0.2) is 29.9 Å². The molecule has 5 nitrogen and oxygen atoms in total. The molecule has 4 rings (SSSR count). The molecule has 1 aliphatic carbocycles. The Balaban J connectivity index is 1.72. The molecule has 2 aromatic rings. The average Bonchev–Trinajstić information content (AvgIpc) is 3.23. The van der Waals surface area contributed by atoms with Crippen molar-refractivity contribution in [1.29, 1.82) is 0 Å². The Labute approximate surface area is 175 Å². The molecule has 0 radical (unpaired) electrons. The summed E-state index contributed by atoms with van der Waals surface area (Å²) >= 11 is 1.37. The van der Waals surface area contributed by atoms with Gasteiger partial charge in [-0.25, -0.2) is 0 Å². The van der Waals surface area contributed by atoms with Gasteiger partial charge in [-0.2, -0.15) is 0 Å². The van der Waals surface area contributed by atoms with E-state index in [2.05, 4.69) is 0 Å². The number of rotatable bonds is 6. The van der Waals surface area contributed by atoms with Gasteiger partial charge in [-0.3, -0.25) is 14.5 Å². The lowest BCUT2D eigenvalue weighted by atomic mass is 10.0. The summed E-state index contributed by atoms with van der Waals surface area (Å²) in [6.07, 6.45) is 7.82. The molecule has 0 atom stereocenters. The third-order valence-corrected chi connectivity index (χ3v) is 6.67. The van der Waals surface area contributed by atoms with E-state index in [1.165, 1.54) is 29.5 Å². The maximum absolute atomic E-state index is 13.5. The zero-order valence-corrected chi connectivity index (χ0v) is 17.4. The predicted molar refractivity (Wildman–Crippen MR) is 113 cm³/mol. The molecule has 1 aliphatic heterocycles. The van der Waals surface area contributed by atoms with Gasteiger partial charge in [-0.1, -0.05) is 43.9 Å². The van der Waals surface area contributed by atoms with Crippen molar-refractivity contribution in [2.75, 3.05) is 7.11 Å². The molecule has 0 N–H and O–H groups in total. The Bertz CT molecular complexity index is 911. The normalized spacial score (nSPS) is 18.4. The first-order valence-corrected chi connectivity index (χ1v) is 11.1. The summed E-state index contributed by atoms with van der Waals surface area (Å²) in [6, 6.07) is 11.1. The first-order chi connectivity index (χ1) is 14.2. The van der Waals surface area contributed by atoms with Gasteiger partial charge in [0.05, 0.1) is 29.6 Å². The summed E-state index contributed by atoms with van der Waals surface area (Å²) in [6.45, 7) is 0. The summed E-state index contributed by atoms with van der Waals surface area (Å²) in [5, 5.41) is 0. The number of thioether (sulfide) groups is 1. The van der Waals surface area contributed by atoms with Crippen LogP contribution < -0.4 is 4.74 Å². The third-order valence-electron chi connectivity index (χ3n) is 5.58. The fourth-order valence-electron chi connectivity index (χ4n) is 4.13. The van der Waals surface area contributed by atoms with Crippen molar-refractivity contribution >= 4 is 29.1 Å². The number of hydrogen-bond donors (Lipinski definition) is 0. The van der Waals surface area contributed by atoms with Crippen LogP contribution in [-0.2, 0) is 15.3 Å². The first-order valence-electron chi connectivity index (χ1n) is 10.1. The van der Waals surface area contributed by atoms with E-state index in [0.29, 0.717) is 27.5 Å². The molecule has 0 unspecified atom stereocenters. The number of carbonyl (C=O) groups excluding carboxylic acids is 2. The number of para-hydroxylation sites is 1.